The second-order valence-electron chi connectivity index (χ2n) is 4.61. The number of likely N-dealkylation sites (N-methyl/N-ethyl adjacent to an activating group) is 1. The van der Waals surface area contributed by atoms with Gasteiger partial charge in [0.05, 0.1) is 0 Å². The van der Waals surface area contributed by atoms with E-state index in [0.717, 1.165) is 6.54 Å². The van der Waals surface area contributed by atoms with Gasteiger partial charge >= 0.3 is 12.0 Å². The standard InChI is InChI=1S/C11H23N3O3/c1-8(5-6-10(15)16)12-11(17)13-9(2)7-14(3)4/h8-9H,5-7H2,1-4H3,(H,15,16)(H2,12,13,17). The van der Waals surface area contributed by atoms with Crippen LogP contribution in [0.15, 0.2) is 0 Å². The van der Waals surface area contributed by atoms with Gasteiger partial charge in [-0.2, -0.15) is 0 Å². The molecule has 0 saturated heterocycles. The summed E-state index contributed by atoms with van der Waals surface area (Å²) in [6.07, 6.45) is 0.500. The van der Waals surface area contributed by atoms with Crippen molar-refractivity contribution in [1.29, 1.82) is 0 Å². The highest BCUT2D eigenvalue weighted by Crippen LogP contribution is 1.96. The zero-order valence-corrected chi connectivity index (χ0v) is 11.0. The summed E-state index contributed by atoms with van der Waals surface area (Å²) >= 11 is 0. The number of nitrogens with zero attached hydrogens (tertiary/aromatic N) is 1. The number of rotatable bonds is 7. The van der Waals surface area contributed by atoms with E-state index >= 15 is 0 Å². The molecule has 2 amide bonds. The third-order valence-corrected chi connectivity index (χ3v) is 2.19. The molecule has 0 aromatic rings. The van der Waals surface area contributed by atoms with Crippen LogP contribution in [0.4, 0.5) is 4.79 Å². The molecule has 0 aliphatic rings. The van der Waals surface area contributed by atoms with E-state index in [1.807, 2.05) is 25.9 Å². The molecular weight excluding hydrogens is 222 g/mol. The highest BCUT2D eigenvalue weighted by Gasteiger charge is 2.11. The lowest BCUT2D eigenvalue weighted by molar-refractivity contribution is -0.137. The molecule has 0 radical (unpaired) electrons. The largest absolute Gasteiger partial charge is 0.481 e. The van der Waals surface area contributed by atoms with Crippen molar-refractivity contribution in [2.75, 3.05) is 20.6 Å². The van der Waals surface area contributed by atoms with Crippen LogP contribution in [0, 0.1) is 0 Å². The quantitative estimate of drug-likeness (QED) is 0.609. The van der Waals surface area contributed by atoms with Gasteiger partial charge < -0.3 is 20.6 Å². The number of carboxylic acid groups (broad SMARTS) is 1. The van der Waals surface area contributed by atoms with Gasteiger partial charge in [0.15, 0.2) is 0 Å². The predicted octanol–water partition coefficient (Wildman–Crippen LogP) is 0.489. The normalized spacial score (nSPS) is 14.2. The van der Waals surface area contributed by atoms with Gasteiger partial charge in [0.25, 0.3) is 0 Å². The van der Waals surface area contributed by atoms with Gasteiger partial charge in [-0.15, -0.1) is 0 Å². The number of aliphatic carboxylic acids is 1. The van der Waals surface area contributed by atoms with Gasteiger partial charge in [0.2, 0.25) is 0 Å². The van der Waals surface area contributed by atoms with Crippen molar-refractivity contribution in [3.63, 3.8) is 0 Å². The van der Waals surface area contributed by atoms with Crippen LogP contribution in [0.3, 0.4) is 0 Å². The molecule has 6 heteroatoms. The zero-order valence-electron chi connectivity index (χ0n) is 11.0. The highest BCUT2D eigenvalue weighted by atomic mass is 16.4. The van der Waals surface area contributed by atoms with Crippen LogP contribution in [0.25, 0.3) is 0 Å². The first-order valence-electron chi connectivity index (χ1n) is 5.74. The van der Waals surface area contributed by atoms with Gasteiger partial charge in [0.1, 0.15) is 0 Å². The molecule has 0 rings (SSSR count). The van der Waals surface area contributed by atoms with Crippen LogP contribution < -0.4 is 10.6 Å². The van der Waals surface area contributed by atoms with E-state index in [0.29, 0.717) is 6.42 Å². The maximum absolute atomic E-state index is 11.5. The highest BCUT2D eigenvalue weighted by molar-refractivity contribution is 5.74. The Kier molecular flexibility index (Phi) is 7.29. The van der Waals surface area contributed by atoms with Gasteiger partial charge in [-0.3, -0.25) is 4.79 Å². The maximum atomic E-state index is 11.5. The van der Waals surface area contributed by atoms with Crippen LogP contribution >= 0.6 is 0 Å². The molecule has 0 aromatic carbocycles. The van der Waals surface area contributed by atoms with E-state index in [2.05, 4.69) is 10.6 Å². The van der Waals surface area contributed by atoms with E-state index in [1.165, 1.54) is 0 Å². The number of hydrogen-bond donors (Lipinski definition) is 3. The first-order chi connectivity index (χ1) is 7.81. The third-order valence-electron chi connectivity index (χ3n) is 2.19. The molecule has 0 aliphatic heterocycles. The van der Waals surface area contributed by atoms with E-state index in [4.69, 9.17) is 5.11 Å². The molecule has 0 aromatic heterocycles. The first-order valence-corrected chi connectivity index (χ1v) is 5.74. The number of carboxylic acids is 1. The van der Waals surface area contributed by atoms with Crippen molar-refractivity contribution in [2.45, 2.75) is 38.8 Å². The molecule has 0 heterocycles. The summed E-state index contributed by atoms with van der Waals surface area (Å²) in [6.45, 7) is 4.47. The minimum atomic E-state index is -0.847. The first kappa shape index (κ1) is 15.7. The van der Waals surface area contributed by atoms with E-state index in [-0.39, 0.29) is 24.5 Å². The second kappa shape index (κ2) is 7.89. The smallest absolute Gasteiger partial charge is 0.315 e. The lowest BCUT2D eigenvalue weighted by Crippen LogP contribution is -2.47. The molecule has 3 N–H and O–H groups in total. The minimum absolute atomic E-state index is 0.0525. The van der Waals surface area contributed by atoms with Crippen molar-refractivity contribution < 1.29 is 14.7 Å². The summed E-state index contributed by atoms with van der Waals surface area (Å²) in [5.41, 5.74) is 0. The molecule has 6 nitrogen and oxygen atoms in total. The number of carbonyl (C=O) groups excluding carboxylic acids is 1. The van der Waals surface area contributed by atoms with E-state index in [9.17, 15) is 9.59 Å². The van der Waals surface area contributed by atoms with Crippen molar-refractivity contribution >= 4 is 12.0 Å². The predicted molar refractivity (Wildman–Crippen MR) is 66.0 cm³/mol. The molecule has 2 atom stereocenters. The average molecular weight is 245 g/mol. The average Bonchev–Trinajstić information content (AvgIpc) is 2.12. The monoisotopic (exact) mass is 245 g/mol. The molecule has 0 fully saturated rings. The van der Waals surface area contributed by atoms with E-state index in [1.54, 1.807) is 6.92 Å². The fraction of sp³-hybridized carbons (Fsp3) is 0.818. The molecule has 2 unspecified atom stereocenters. The SMILES string of the molecule is CC(CCC(=O)O)NC(=O)NC(C)CN(C)C. The third kappa shape index (κ3) is 9.62. The Balaban J connectivity index is 3.80. The Hall–Kier alpha value is -1.30. The molecule has 17 heavy (non-hydrogen) atoms. The summed E-state index contributed by atoms with van der Waals surface area (Å²) < 4.78 is 0. The summed E-state index contributed by atoms with van der Waals surface area (Å²) in [5.74, 6) is -0.847. The van der Waals surface area contributed by atoms with Crippen molar-refractivity contribution in [3.8, 4) is 0 Å². The summed E-state index contributed by atoms with van der Waals surface area (Å²) in [6, 6.07) is -0.341. The number of urea groups is 1. The lowest BCUT2D eigenvalue weighted by Gasteiger charge is -2.20. The van der Waals surface area contributed by atoms with Crippen LogP contribution in [0.1, 0.15) is 26.7 Å². The molecule has 0 spiro atoms. The number of nitrogens with one attached hydrogen (secondary N) is 2. The van der Waals surface area contributed by atoms with Crippen molar-refractivity contribution in [2.24, 2.45) is 0 Å². The Bertz CT molecular complexity index is 256. The topological polar surface area (TPSA) is 81.7 Å². The number of carbonyl (C=O) groups is 2. The Morgan fingerprint density at radius 1 is 1.18 bits per heavy atom. The fourth-order valence-electron chi connectivity index (χ4n) is 1.49. The van der Waals surface area contributed by atoms with Crippen LogP contribution in [0.2, 0.25) is 0 Å². The summed E-state index contributed by atoms with van der Waals surface area (Å²) in [4.78, 5) is 23.8. The maximum Gasteiger partial charge on any atom is 0.315 e. The minimum Gasteiger partial charge on any atom is -0.481 e. The molecule has 0 bridgehead atoms. The Labute approximate surface area is 102 Å². The molecular formula is C11H23N3O3. The Morgan fingerprint density at radius 2 is 1.71 bits per heavy atom. The molecule has 0 saturated carbocycles. The zero-order chi connectivity index (χ0) is 13.4. The van der Waals surface area contributed by atoms with Crippen LogP contribution in [-0.2, 0) is 4.79 Å². The number of hydrogen-bond acceptors (Lipinski definition) is 3. The summed E-state index contributed by atoms with van der Waals surface area (Å²) in [5, 5.41) is 14.0. The van der Waals surface area contributed by atoms with Gasteiger partial charge in [0, 0.05) is 25.0 Å². The van der Waals surface area contributed by atoms with Crippen molar-refractivity contribution in [3.05, 3.63) is 0 Å². The van der Waals surface area contributed by atoms with Crippen LogP contribution in [0.5, 0.6) is 0 Å². The van der Waals surface area contributed by atoms with Gasteiger partial charge in [-0.1, -0.05) is 0 Å². The number of amides is 2. The van der Waals surface area contributed by atoms with Gasteiger partial charge in [-0.25, -0.2) is 4.79 Å². The van der Waals surface area contributed by atoms with Gasteiger partial charge in [-0.05, 0) is 34.4 Å². The molecule has 100 valence electrons. The Morgan fingerprint density at radius 3 is 2.18 bits per heavy atom. The van der Waals surface area contributed by atoms with Crippen LogP contribution in [-0.4, -0.2) is 54.7 Å². The van der Waals surface area contributed by atoms with Crippen molar-refractivity contribution in [1.82, 2.24) is 15.5 Å². The fourth-order valence-corrected chi connectivity index (χ4v) is 1.49. The molecule has 0 aliphatic carbocycles. The summed E-state index contributed by atoms with van der Waals surface area (Å²) in [7, 11) is 3.87. The van der Waals surface area contributed by atoms with E-state index < -0.39 is 5.97 Å². The second-order valence-corrected chi connectivity index (χ2v) is 4.61. The lowest BCUT2D eigenvalue weighted by atomic mass is 10.2.